The Hall–Kier alpha value is -0.730. The van der Waals surface area contributed by atoms with Gasteiger partial charge in [0.05, 0.1) is 6.61 Å². The van der Waals surface area contributed by atoms with Crippen molar-refractivity contribution in [3.8, 4) is 5.75 Å². The molecule has 1 aromatic rings. The molecule has 2 unspecified atom stereocenters. The van der Waals surface area contributed by atoms with E-state index in [2.05, 4.69) is 19.3 Å². The molecule has 18 heavy (non-hydrogen) atoms. The second-order valence-electron chi connectivity index (χ2n) is 5.13. The van der Waals surface area contributed by atoms with Crippen LogP contribution in [0.4, 0.5) is 0 Å². The number of ether oxygens (including phenoxy) is 1. The SMILES string of the molecule is CNC1CCCC1CCOc1cc(Cl)ccc1C. The molecule has 0 heterocycles. The Morgan fingerprint density at radius 2 is 2.22 bits per heavy atom. The van der Waals surface area contributed by atoms with E-state index < -0.39 is 0 Å². The fourth-order valence-electron chi connectivity index (χ4n) is 2.81. The van der Waals surface area contributed by atoms with Crippen LogP contribution in [-0.4, -0.2) is 19.7 Å². The molecule has 0 spiro atoms. The minimum atomic E-state index is 0.675. The average molecular weight is 268 g/mol. The minimum absolute atomic E-state index is 0.675. The quantitative estimate of drug-likeness (QED) is 0.876. The van der Waals surface area contributed by atoms with Gasteiger partial charge in [-0.2, -0.15) is 0 Å². The highest BCUT2D eigenvalue weighted by Crippen LogP contribution is 2.29. The first-order valence-corrected chi connectivity index (χ1v) is 7.14. The average Bonchev–Trinajstić information content (AvgIpc) is 2.81. The molecular weight excluding hydrogens is 246 g/mol. The van der Waals surface area contributed by atoms with Gasteiger partial charge in [0, 0.05) is 11.1 Å². The number of hydrogen-bond acceptors (Lipinski definition) is 2. The maximum Gasteiger partial charge on any atom is 0.123 e. The molecular formula is C15H22ClNO. The van der Waals surface area contributed by atoms with Crippen molar-refractivity contribution in [2.24, 2.45) is 5.92 Å². The summed E-state index contributed by atoms with van der Waals surface area (Å²) in [7, 11) is 2.06. The van der Waals surface area contributed by atoms with Crippen LogP contribution in [0.1, 0.15) is 31.2 Å². The third kappa shape index (κ3) is 3.39. The molecule has 2 rings (SSSR count). The summed E-state index contributed by atoms with van der Waals surface area (Å²) in [4.78, 5) is 0. The van der Waals surface area contributed by atoms with E-state index in [9.17, 15) is 0 Å². The van der Waals surface area contributed by atoms with Crippen molar-refractivity contribution in [1.29, 1.82) is 0 Å². The summed E-state index contributed by atoms with van der Waals surface area (Å²) in [5.74, 6) is 1.68. The molecule has 100 valence electrons. The number of rotatable bonds is 5. The molecule has 3 heteroatoms. The van der Waals surface area contributed by atoms with Crippen LogP contribution in [-0.2, 0) is 0 Å². The zero-order valence-corrected chi connectivity index (χ0v) is 12.0. The molecule has 0 amide bonds. The summed E-state index contributed by atoms with van der Waals surface area (Å²) in [5, 5.41) is 4.15. The molecule has 0 bridgehead atoms. The van der Waals surface area contributed by atoms with E-state index in [1.165, 1.54) is 19.3 Å². The van der Waals surface area contributed by atoms with Crippen molar-refractivity contribution >= 4 is 11.6 Å². The molecule has 0 aliphatic heterocycles. The highest BCUT2D eigenvalue weighted by Gasteiger charge is 2.25. The predicted octanol–water partition coefficient (Wildman–Crippen LogP) is 3.81. The molecule has 1 N–H and O–H groups in total. The van der Waals surface area contributed by atoms with Crippen LogP contribution >= 0.6 is 11.6 Å². The number of aryl methyl sites for hydroxylation is 1. The van der Waals surface area contributed by atoms with E-state index in [0.717, 1.165) is 35.3 Å². The predicted molar refractivity (Wildman–Crippen MR) is 76.5 cm³/mol. The molecule has 1 aromatic carbocycles. The molecule has 1 saturated carbocycles. The van der Waals surface area contributed by atoms with Gasteiger partial charge in [-0.15, -0.1) is 0 Å². The van der Waals surface area contributed by atoms with Crippen molar-refractivity contribution in [2.45, 2.75) is 38.6 Å². The van der Waals surface area contributed by atoms with Crippen LogP contribution in [0.3, 0.4) is 0 Å². The minimum Gasteiger partial charge on any atom is -0.493 e. The Morgan fingerprint density at radius 3 is 3.00 bits per heavy atom. The molecule has 1 fully saturated rings. The van der Waals surface area contributed by atoms with Crippen molar-refractivity contribution in [3.63, 3.8) is 0 Å². The summed E-state index contributed by atoms with van der Waals surface area (Å²) in [6.45, 7) is 2.83. The monoisotopic (exact) mass is 267 g/mol. The van der Waals surface area contributed by atoms with Gasteiger partial charge in [-0.3, -0.25) is 0 Å². The van der Waals surface area contributed by atoms with Crippen LogP contribution in [0.2, 0.25) is 5.02 Å². The standard InChI is InChI=1S/C15H22ClNO/c1-11-6-7-13(16)10-15(11)18-9-8-12-4-3-5-14(12)17-2/h6-7,10,12,14,17H,3-5,8-9H2,1-2H3. The maximum atomic E-state index is 5.98. The number of hydrogen-bond donors (Lipinski definition) is 1. The van der Waals surface area contributed by atoms with Crippen LogP contribution in [0.25, 0.3) is 0 Å². The smallest absolute Gasteiger partial charge is 0.123 e. The van der Waals surface area contributed by atoms with E-state index >= 15 is 0 Å². The zero-order valence-electron chi connectivity index (χ0n) is 11.2. The second-order valence-corrected chi connectivity index (χ2v) is 5.57. The highest BCUT2D eigenvalue weighted by molar-refractivity contribution is 6.30. The molecule has 0 saturated heterocycles. The normalized spacial score (nSPS) is 23.3. The van der Waals surface area contributed by atoms with Crippen molar-refractivity contribution < 1.29 is 4.74 Å². The van der Waals surface area contributed by atoms with Gasteiger partial charge in [0.1, 0.15) is 5.75 Å². The summed E-state index contributed by atoms with van der Waals surface area (Å²) in [6.07, 6.45) is 5.09. The summed E-state index contributed by atoms with van der Waals surface area (Å²) in [5.41, 5.74) is 1.15. The molecule has 0 aromatic heterocycles. The van der Waals surface area contributed by atoms with Crippen molar-refractivity contribution in [1.82, 2.24) is 5.32 Å². The lowest BCUT2D eigenvalue weighted by atomic mass is 10.0. The molecule has 1 aliphatic carbocycles. The molecule has 2 atom stereocenters. The fraction of sp³-hybridized carbons (Fsp3) is 0.600. The van der Waals surface area contributed by atoms with E-state index in [1.807, 2.05) is 18.2 Å². The first-order valence-electron chi connectivity index (χ1n) is 6.77. The Labute approximate surface area is 115 Å². The van der Waals surface area contributed by atoms with E-state index in [4.69, 9.17) is 16.3 Å². The van der Waals surface area contributed by atoms with Gasteiger partial charge in [-0.25, -0.2) is 0 Å². The first-order chi connectivity index (χ1) is 8.70. The topological polar surface area (TPSA) is 21.3 Å². The Morgan fingerprint density at radius 1 is 1.39 bits per heavy atom. The van der Waals surface area contributed by atoms with Crippen molar-refractivity contribution in [3.05, 3.63) is 28.8 Å². The lowest BCUT2D eigenvalue weighted by molar-refractivity contribution is 0.262. The van der Waals surface area contributed by atoms with Gasteiger partial charge in [0.2, 0.25) is 0 Å². The summed E-state index contributed by atoms with van der Waals surface area (Å²) < 4.78 is 5.86. The van der Waals surface area contributed by atoms with Gasteiger partial charge in [0.15, 0.2) is 0 Å². The van der Waals surface area contributed by atoms with Gasteiger partial charge in [0.25, 0.3) is 0 Å². The van der Waals surface area contributed by atoms with E-state index in [0.29, 0.717) is 6.04 Å². The fourth-order valence-corrected chi connectivity index (χ4v) is 2.97. The Kier molecular flexibility index (Phi) is 4.90. The third-order valence-electron chi connectivity index (χ3n) is 3.93. The number of benzene rings is 1. The lowest BCUT2D eigenvalue weighted by Crippen LogP contribution is -2.29. The Balaban J connectivity index is 1.83. The molecule has 1 aliphatic rings. The molecule has 2 nitrogen and oxygen atoms in total. The molecule has 0 radical (unpaired) electrons. The van der Waals surface area contributed by atoms with Gasteiger partial charge in [-0.05, 0) is 56.8 Å². The zero-order chi connectivity index (χ0) is 13.0. The van der Waals surface area contributed by atoms with Crippen LogP contribution in [0.5, 0.6) is 5.75 Å². The number of halogens is 1. The van der Waals surface area contributed by atoms with Crippen molar-refractivity contribution in [2.75, 3.05) is 13.7 Å². The Bertz CT molecular complexity index is 394. The van der Waals surface area contributed by atoms with Gasteiger partial charge < -0.3 is 10.1 Å². The maximum absolute atomic E-state index is 5.98. The third-order valence-corrected chi connectivity index (χ3v) is 4.16. The summed E-state index contributed by atoms with van der Waals surface area (Å²) in [6, 6.07) is 6.48. The largest absolute Gasteiger partial charge is 0.493 e. The van der Waals surface area contributed by atoms with Crippen LogP contribution in [0.15, 0.2) is 18.2 Å². The highest BCUT2D eigenvalue weighted by atomic mass is 35.5. The van der Waals surface area contributed by atoms with Gasteiger partial charge >= 0.3 is 0 Å². The summed E-state index contributed by atoms with van der Waals surface area (Å²) >= 11 is 5.98. The van der Waals surface area contributed by atoms with E-state index in [-0.39, 0.29) is 0 Å². The number of nitrogens with one attached hydrogen (secondary N) is 1. The van der Waals surface area contributed by atoms with E-state index in [1.54, 1.807) is 0 Å². The van der Waals surface area contributed by atoms with Crippen LogP contribution < -0.4 is 10.1 Å². The van der Waals surface area contributed by atoms with Crippen LogP contribution in [0, 0.1) is 12.8 Å². The van der Waals surface area contributed by atoms with Gasteiger partial charge in [-0.1, -0.05) is 24.1 Å². The first kappa shape index (κ1) is 13.7. The second kappa shape index (κ2) is 6.44. The lowest BCUT2D eigenvalue weighted by Gasteiger charge is -2.19.